The van der Waals surface area contributed by atoms with Gasteiger partial charge in [0.05, 0.1) is 11.8 Å². The molecule has 0 saturated carbocycles. The molecule has 7 rings (SSSR count). The number of benzene rings is 3. The molecular weight excluding hydrogens is 499 g/mol. The monoisotopic (exact) mass is 518 g/mol. The third kappa shape index (κ3) is 2.85. The van der Waals surface area contributed by atoms with Crippen molar-refractivity contribution in [1.82, 2.24) is 4.90 Å². The van der Waals surface area contributed by atoms with Crippen LogP contribution in [0.5, 0.6) is 0 Å². The van der Waals surface area contributed by atoms with Crippen LogP contribution in [0.15, 0.2) is 72.8 Å². The summed E-state index contributed by atoms with van der Waals surface area (Å²) in [5.74, 6) is -3.56. The van der Waals surface area contributed by atoms with Gasteiger partial charge in [0.25, 0.3) is 0 Å². The van der Waals surface area contributed by atoms with Crippen molar-refractivity contribution in [3.8, 4) is 0 Å². The van der Waals surface area contributed by atoms with Gasteiger partial charge < -0.3 is 5.32 Å². The topological polar surface area (TPSA) is 83.6 Å². The zero-order chi connectivity index (χ0) is 25.4. The van der Waals surface area contributed by atoms with E-state index in [1.165, 1.54) is 6.92 Å². The van der Waals surface area contributed by atoms with E-state index in [9.17, 15) is 19.2 Å². The van der Waals surface area contributed by atoms with Gasteiger partial charge >= 0.3 is 0 Å². The molecule has 0 spiro atoms. The number of ketones is 1. The summed E-state index contributed by atoms with van der Waals surface area (Å²) in [6.45, 7) is 0.986. The summed E-state index contributed by atoms with van der Waals surface area (Å²) in [4.78, 5) is 50.3. The Morgan fingerprint density at radius 1 is 0.778 bits per heavy atom. The zero-order valence-electron chi connectivity index (χ0n) is 19.1. The van der Waals surface area contributed by atoms with Crippen molar-refractivity contribution in [2.45, 2.75) is 16.7 Å². The molecule has 2 atom stereocenters. The summed E-state index contributed by atoms with van der Waals surface area (Å²) in [7, 11) is 0. The maximum atomic E-state index is 13.8. The Hall–Kier alpha value is -3.48. The van der Waals surface area contributed by atoms with E-state index in [2.05, 4.69) is 5.32 Å². The molecule has 3 aromatic carbocycles. The molecule has 0 radical (unpaired) electrons. The largest absolute Gasteiger partial charge is 0.325 e. The van der Waals surface area contributed by atoms with E-state index in [0.717, 1.165) is 4.90 Å². The fraction of sp³-hybridized carbons (Fsp3) is 0.214. The maximum Gasteiger partial charge on any atom is 0.244 e. The van der Waals surface area contributed by atoms with Gasteiger partial charge in [-0.05, 0) is 53.4 Å². The molecule has 2 bridgehead atoms. The van der Waals surface area contributed by atoms with Gasteiger partial charge in [-0.15, -0.1) is 23.2 Å². The molecule has 1 heterocycles. The first kappa shape index (κ1) is 23.0. The summed E-state index contributed by atoms with van der Waals surface area (Å²) in [6.07, 6.45) is 0. The first-order valence-electron chi connectivity index (χ1n) is 11.5. The van der Waals surface area contributed by atoms with Gasteiger partial charge in [-0.25, -0.2) is 0 Å². The molecule has 0 aromatic heterocycles. The molecule has 3 aromatic rings. The van der Waals surface area contributed by atoms with Crippen molar-refractivity contribution < 1.29 is 19.2 Å². The number of anilines is 1. The summed E-state index contributed by atoms with van der Waals surface area (Å²) < 4.78 is 0. The molecule has 6 nitrogen and oxygen atoms in total. The van der Waals surface area contributed by atoms with Gasteiger partial charge in [0.2, 0.25) is 17.7 Å². The van der Waals surface area contributed by atoms with Crippen molar-refractivity contribution in [2.75, 3.05) is 11.9 Å². The number of amides is 3. The van der Waals surface area contributed by atoms with Crippen LogP contribution in [0.4, 0.5) is 5.69 Å². The number of hydrogen-bond acceptors (Lipinski definition) is 4. The number of halogens is 2. The summed E-state index contributed by atoms with van der Waals surface area (Å²) in [5.41, 5.74) is 3.79. The van der Waals surface area contributed by atoms with Gasteiger partial charge in [-0.1, -0.05) is 48.5 Å². The van der Waals surface area contributed by atoms with Crippen LogP contribution in [0.3, 0.4) is 0 Å². The Balaban J connectivity index is 1.37. The molecular formula is C28H20Cl2N2O4. The van der Waals surface area contributed by atoms with Crippen molar-refractivity contribution in [3.63, 3.8) is 0 Å². The number of hydrogen-bond donors (Lipinski definition) is 1. The lowest BCUT2D eigenvalue weighted by Crippen LogP contribution is -2.57. The van der Waals surface area contributed by atoms with E-state index in [-0.39, 0.29) is 5.78 Å². The summed E-state index contributed by atoms with van der Waals surface area (Å²) in [5, 5.41) is 2.69. The molecule has 4 aliphatic rings. The van der Waals surface area contributed by atoms with Crippen molar-refractivity contribution >= 4 is 52.4 Å². The van der Waals surface area contributed by atoms with E-state index in [0.29, 0.717) is 33.5 Å². The second kappa shape index (κ2) is 7.76. The van der Waals surface area contributed by atoms with Crippen LogP contribution in [-0.2, 0) is 24.1 Å². The third-order valence-electron chi connectivity index (χ3n) is 7.55. The highest BCUT2D eigenvalue weighted by atomic mass is 35.5. The van der Waals surface area contributed by atoms with Crippen LogP contribution in [-0.4, -0.2) is 34.9 Å². The number of Topliss-reactive ketones (excluding diaryl/α,β-unsaturated/α-hetero) is 1. The van der Waals surface area contributed by atoms with E-state index in [4.69, 9.17) is 23.2 Å². The Labute approximate surface area is 217 Å². The maximum absolute atomic E-state index is 13.8. The van der Waals surface area contributed by atoms with E-state index in [1.54, 1.807) is 24.3 Å². The van der Waals surface area contributed by atoms with Gasteiger partial charge in [0.1, 0.15) is 16.3 Å². The standard InChI is InChI=1S/C28H20Cl2N2O4/c1-15(33)16-10-12-17(13-11-16)31-22(34)14-32-25(35)23-24(26(32)36)28(30)19-7-3-2-6-18(19)27(23,29)20-8-4-5-9-21(20)28/h2-13,23-24H,14H2,1H3,(H,31,34)/t23-,24-,27?,28?/m1/s1. The lowest BCUT2D eigenvalue weighted by molar-refractivity contribution is -0.142. The second-order valence-corrected chi connectivity index (χ2v) is 10.6. The molecule has 1 aliphatic heterocycles. The number of imide groups is 1. The average Bonchev–Trinajstić information content (AvgIpc) is 3.13. The predicted molar refractivity (Wildman–Crippen MR) is 135 cm³/mol. The van der Waals surface area contributed by atoms with Gasteiger partial charge in [0.15, 0.2) is 5.78 Å². The zero-order valence-corrected chi connectivity index (χ0v) is 20.6. The Morgan fingerprint density at radius 2 is 1.19 bits per heavy atom. The number of likely N-dealkylation sites (tertiary alicyclic amines) is 1. The van der Waals surface area contributed by atoms with E-state index < -0.39 is 45.9 Å². The lowest BCUT2D eigenvalue weighted by Gasteiger charge is -2.54. The van der Waals surface area contributed by atoms with Crippen LogP contribution in [0.25, 0.3) is 0 Å². The lowest BCUT2D eigenvalue weighted by atomic mass is 9.54. The molecule has 180 valence electrons. The van der Waals surface area contributed by atoms with Crippen LogP contribution in [0.1, 0.15) is 39.5 Å². The first-order valence-corrected chi connectivity index (χ1v) is 12.3. The smallest absolute Gasteiger partial charge is 0.244 e. The Kier molecular flexibility index (Phi) is 4.95. The highest BCUT2D eigenvalue weighted by Crippen LogP contribution is 2.69. The van der Waals surface area contributed by atoms with E-state index >= 15 is 0 Å². The summed E-state index contributed by atoms with van der Waals surface area (Å²) >= 11 is 14.7. The van der Waals surface area contributed by atoms with Crippen LogP contribution >= 0.6 is 23.2 Å². The van der Waals surface area contributed by atoms with Crippen LogP contribution < -0.4 is 5.32 Å². The number of rotatable bonds is 4. The molecule has 36 heavy (non-hydrogen) atoms. The van der Waals surface area contributed by atoms with Crippen LogP contribution in [0, 0.1) is 11.8 Å². The van der Waals surface area contributed by atoms with Gasteiger partial charge in [-0.2, -0.15) is 0 Å². The van der Waals surface area contributed by atoms with Crippen molar-refractivity contribution in [2.24, 2.45) is 11.8 Å². The molecule has 8 heteroatoms. The molecule has 3 aliphatic carbocycles. The minimum Gasteiger partial charge on any atom is -0.325 e. The highest BCUT2D eigenvalue weighted by molar-refractivity contribution is 6.36. The SMILES string of the molecule is CC(=O)c1ccc(NC(=O)CN2C(=O)[C@H]3[C@H](C2=O)C2(Cl)c4ccccc4C3(Cl)c3ccccc32)cc1. The van der Waals surface area contributed by atoms with Crippen molar-refractivity contribution in [1.29, 1.82) is 0 Å². The predicted octanol–water partition coefficient (Wildman–Crippen LogP) is 4.42. The third-order valence-corrected chi connectivity index (χ3v) is 8.84. The first-order chi connectivity index (χ1) is 17.2. The fourth-order valence-electron chi connectivity index (χ4n) is 6.01. The minimum atomic E-state index is -1.28. The molecule has 0 unspecified atom stereocenters. The number of carbonyl (C=O) groups is 4. The number of carbonyl (C=O) groups excluding carboxylic acids is 4. The average molecular weight is 519 g/mol. The molecule has 1 saturated heterocycles. The van der Waals surface area contributed by atoms with Gasteiger partial charge in [-0.3, -0.25) is 24.1 Å². The normalized spacial score (nSPS) is 27.4. The van der Waals surface area contributed by atoms with Gasteiger partial charge in [0, 0.05) is 11.3 Å². The molecule has 3 amide bonds. The fourth-order valence-corrected chi connectivity index (χ4v) is 7.11. The van der Waals surface area contributed by atoms with Crippen molar-refractivity contribution in [3.05, 3.63) is 101 Å². The van der Waals surface area contributed by atoms with Crippen LogP contribution in [0.2, 0.25) is 0 Å². The molecule has 1 fully saturated rings. The Morgan fingerprint density at radius 3 is 1.58 bits per heavy atom. The summed E-state index contributed by atoms with van der Waals surface area (Å²) in [6, 6.07) is 21.1. The molecule has 1 N–H and O–H groups in total. The van der Waals surface area contributed by atoms with E-state index in [1.807, 2.05) is 48.5 Å². The second-order valence-electron chi connectivity index (χ2n) is 9.41. The minimum absolute atomic E-state index is 0.0922. The highest BCUT2D eigenvalue weighted by Gasteiger charge is 2.73. The Bertz CT molecular complexity index is 1360. The number of nitrogens with one attached hydrogen (secondary N) is 1. The quantitative estimate of drug-likeness (QED) is 0.314. The number of alkyl halides is 2. The number of nitrogens with zero attached hydrogens (tertiary/aromatic N) is 1.